The zero-order valence-electron chi connectivity index (χ0n) is 16.7. The molecule has 0 N–H and O–H groups in total. The molecule has 0 atom stereocenters. The number of rotatable bonds is 4. The van der Waals surface area contributed by atoms with E-state index in [0.717, 1.165) is 51.0 Å². The minimum absolute atomic E-state index is 0.0440. The summed E-state index contributed by atoms with van der Waals surface area (Å²) in [6.45, 7) is 6.96. The average molecular weight is 395 g/mol. The summed E-state index contributed by atoms with van der Waals surface area (Å²) in [4.78, 5) is 28.0. The van der Waals surface area contributed by atoms with Gasteiger partial charge in [-0.2, -0.15) is 0 Å². The monoisotopic (exact) mass is 394 g/mol. The standard InChI is InChI=1S/C22H26N4OS/c1-15-9-11-26(12-10-15)20-18-16(2)19(28-21(18)24-14-23-20)22(27)25(3)13-17-7-5-4-6-8-17/h4-8,14-15H,9-13H2,1-3H3. The largest absolute Gasteiger partial charge is 0.356 e. The fraction of sp³-hybridized carbons (Fsp3) is 0.409. The Hall–Kier alpha value is -2.47. The molecule has 0 radical (unpaired) electrons. The summed E-state index contributed by atoms with van der Waals surface area (Å²) in [6.07, 6.45) is 3.99. The molecule has 1 aliphatic rings. The van der Waals surface area contributed by atoms with Gasteiger partial charge in [0.2, 0.25) is 0 Å². The molecule has 0 bridgehead atoms. The maximum atomic E-state index is 13.1. The van der Waals surface area contributed by atoms with Crippen LogP contribution < -0.4 is 4.90 Å². The van der Waals surface area contributed by atoms with Crippen LogP contribution in [0.4, 0.5) is 5.82 Å². The van der Waals surface area contributed by atoms with Crippen molar-refractivity contribution in [3.63, 3.8) is 0 Å². The fourth-order valence-electron chi connectivity index (χ4n) is 3.82. The predicted octanol–water partition coefficient (Wildman–Crippen LogP) is 4.51. The number of carbonyl (C=O) groups excluding carboxylic acids is 1. The fourth-order valence-corrected chi connectivity index (χ4v) is 4.96. The van der Waals surface area contributed by atoms with Crippen molar-refractivity contribution < 1.29 is 4.79 Å². The third kappa shape index (κ3) is 3.61. The van der Waals surface area contributed by atoms with Crippen molar-refractivity contribution in [3.8, 4) is 0 Å². The summed E-state index contributed by atoms with van der Waals surface area (Å²) in [5.74, 6) is 1.79. The number of aromatic nitrogens is 2. The summed E-state index contributed by atoms with van der Waals surface area (Å²) in [5, 5.41) is 1.04. The number of amides is 1. The van der Waals surface area contributed by atoms with Gasteiger partial charge in [-0.25, -0.2) is 9.97 Å². The lowest BCUT2D eigenvalue weighted by atomic mass is 9.99. The predicted molar refractivity (Wildman–Crippen MR) is 115 cm³/mol. The van der Waals surface area contributed by atoms with Crippen LogP contribution >= 0.6 is 11.3 Å². The SMILES string of the molecule is Cc1c(C(=O)N(C)Cc2ccccc2)sc2ncnc(N3CCC(C)CC3)c12. The number of nitrogens with zero attached hydrogens (tertiary/aromatic N) is 4. The van der Waals surface area contributed by atoms with Crippen molar-refractivity contribution in [3.05, 3.63) is 52.7 Å². The van der Waals surface area contributed by atoms with Crippen molar-refractivity contribution in [2.24, 2.45) is 5.92 Å². The molecule has 0 spiro atoms. The smallest absolute Gasteiger partial charge is 0.264 e. The second-order valence-corrected chi connectivity index (χ2v) is 8.75. The van der Waals surface area contributed by atoms with Gasteiger partial charge in [0.15, 0.2) is 0 Å². The number of benzene rings is 1. The van der Waals surface area contributed by atoms with E-state index in [-0.39, 0.29) is 5.91 Å². The Morgan fingerprint density at radius 3 is 2.64 bits per heavy atom. The second-order valence-electron chi connectivity index (χ2n) is 7.75. The lowest BCUT2D eigenvalue weighted by Crippen LogP contribution is -2.33. The lowest BCUT2D eigenvalue weighted by Gasteiger charge is -2.31. The first kappa shape index (κ1) is 18.9. The highest BCUT2D eigenvalue weighted by atomic mass is 32.1. The Labute approximate surface area is 170 Å². The van der Waals surface area contributed by atoms with E-state index >= 15 is 0 Å². The molecule has 1 saturated heterocycles. The van der Waals surface area contributed by atoms with E-state index in [1.807, 2.05) is 44.3 Å². The molecule has 5 nitrogen and oxygen atoms in total. The number of hydrogen-bond donors (Lipinski definition) is 0. The summed E-state index contributed by atoms with van der Waals surface area (Å²) >= 11 is 1.48. The highest BCUT2D eigenvalue weighted by Gasteiger charge is 2.25. The zero-order chi connectivity index (χ0) is 19.7. The molecular formula is C22H26N4OS. The number of thiophene rings is 1. The third-order valence-corrected chi connectivity index (χ3v) is 6.78. The maximum absolute atomic E-state index is 13.1. The highest BCUT2D eigenvalue weighted by Crippen LogP contribution is 2.36. The quantitative estimate of drug-likeness (QED) is 0.653. The molecule has 1 aliphatic heterocycles. The Balaban J connectivity index is 1.64. The van der Waals surface area contributed by atoms with Gasteiger partial charge in [-0.15, -0.1) is 11.3 Å². The van der Waals surface area contributed by atoms with Gasteiger partial charge < -0.3 is 9.80 Å². The van der Waals surface area contributed by atoms with Crippen LogP contribution in [0.25, 0.3) is 10.2 Å². The van der Waals surface area contributed by atoms with E-state index in [1.165, 1.54) is 24.2 Å². The second kappa shape index (κ2) is 7.87. The Bertz CT molecular complexity index is 977. The maximum Gasteiger partial charge on any atom is 0.264 e. The third-order valence-electron chi connectivity index (χ3n) is 5.59. The van der Waals surface area contributed by atoms with E-state index in [1.54, 1.807) is 11.2 Å². The molecule has 3 heterocycles. The number of hydrogen-bond acceptors (Lipinski definition) is 5. The highest BCUT2D eigenvalue weighted by molar-refractivity contribution is 7.20. The van der Waals surface area contributed by atoms with Gasteiger partial charge >= 0.3 is 0 Å². The number of carbonyl (C=O) groups is 1. The average Bonchev–Trinajstić information content (AvgIpc) is 3.05. The Morgan fingerprint density at radius 1 is 1.21 bits per heavy atom. The van der Waals surface area contributed by atoms with Gasteiger partial charge in [-0.05, 0) is 36.8 Å². The molecule has 0 aliphatic carbocycles. The van der Waals surface area contributed by atoms with Gasteiger partial charge in [0.05, 0.1) is 10.3 Å². The van der Waals surface area contributed by atoms with Crippen LogP contribution in [-0.4, -0.2) is 40.9 Å². The molecule has 4 rings (SSSR count). The first-order chi connectivity index (χ1) is 13.5. The lowest BCUT2D eigenvalue weighted by molar-refractivity contribution is 0.0789. The van der Waals surface area contributed by atoms with E-state index in [0.29, 0.717) is 6.54 Å². The van der Waals surface area contributed by atoms with Crippen molar-refractivity contribution >= 4 is 33.3 Å². The van der Waals surface area contributed by atoms with Crippen LogP contribution in [0.5, 0.6) is 0 Å². The first-order valence-corrected chi connectivity index (χ1v) is 10.6. The van der Waals surface area contributed by atoms with Gasteiger partial charge in [-0.3, -0.25) is 4.79 Å². The molecule has 1 amide bonds. The molecule has 0 saturated carbocycles. The molecule has 1 aromatic carbocycles. The van der Waals surface area contributed by atoms with Crippen LogP contribution in [0.15, 0.2) is 36.7 Å². The number of piperidine rings is 1. The van der Waals surface area contributed by atoms with Crippen LogP contribution in [-0.2, 0) is 6.54 Å². The molecule has 0 unspecified atom stereocenters. The Morgan fingerprint density at radius 2 is 1.93 bits per heavy atom. The minimum atomic E-state index is 0.0440. The summed E-state index contributed by atoms with van der Waals surface area (Å²) in [5.41, 5.74) is 2.12. The van der Waals surface area contributed by atoms with Crippen LogP contribution in [0.1, 0.15) is 40.6 Å². The number of fused-ring (bicyclic) bond motifs is 1. The number of anilines is 1. The Kier molecular flexibility index (Phi) is 5.31. The van der Waals surface area contributed by atoms with Crippen molar-refractivity contribution in [1.82, 2.24) is 14.9 Å². The molecule has 6 heteroatoms. The summed E-state index contributed by atoms with van der Waals surface area (Å²) in [6, 6.07) is 10.1. The molecule has 2 aromatic heterocycles. The molecule has 28 heavy (non-hydrogen) atoms. The van der Waals surface area contributed by atoms with Gasteiger partial charge in [0.25, 0.3) is 5.91 Å². The molecule has 3 aromatic rings. The first-order valence-electron chi connectivity index (χ1n) is 9.83. The van der Waals surface area contributed by atoms with Crippen molar-refractivity contribution in [1.29, 1.82) is 0 Å². The normalized spacial score (nSPS) is 15.2. The summed E-state index contributed by atoms with van der Waals surface area (Å²) < 4.78 is 0. The zero-order valence-corrected chi connectivity index (χ0v) is 17.5. The summed E-state index contributed by atoms with van der Waals surface area (Å²) in [7, 11) is 1.86. The van der Waals surface area contributed by atoms with Crippen LogP contribution in [0, 0.1) is 12.8 Å². The topological polar surface area (TPSA) is 49.3 Å². The van der Waals surface area contributed by atoms with Crippen molar-refractivity contribution in [2.75, 3.05) is 25.0 Å². The number of aryl methyl sites for hydroxylation is 1. The van der Waals surface area contributed by atoms with E-state index < -0.39 is 0 Å². The molecular weight excluding hydrogens is 368 g/mol. The minimum Gasteiger partial charge on any atom is -0.356 e. The van der Waals surface area contributed by atoms with E-state index in [4.69, 9.17) is 0 Å². The van der Waals surface area contributed by atoms with Gasteiger partial charge in [0, 0.05) is 26.7 Å². The van der Waals surface area contributed by atoms with Gasteiger partial charge in [0.1, 0.15) is 17.0 Å². The van der Waals surface area contributed by atoms with Gasteiger partial charge in [-0.1, -0.05) is 37.3 Å². The van der Waals surface area contributed by atoms with Crippen molar-refractivity contribution in [2.45, 2.75) is 33.2 Å². The van der Waals surface area contributed by atoms with Crippen LogP contribution in [0.2, 0.25) is 0 Å². The molecule has 146 valence electrons. The van der Waals surface area contributed by atoms with Crippen LogP contribution in [0.3, 0.4) is 0 Å². The van der Waals surface area contributed by atoms with E-state index in [9.17, 15) is 4.79 Å². The molecule has 1 fully saturated rings. The van der Waals surface area contributed by atoms with E-state index in [2.05, 4.69) is 21.8 Å².